The Morgan fingerprint density at radius 3 is 2.73 bits per heavy atom. The lowest BCUT2D eigenvalue weighted by molar-refractivity contribution is -0.144. The van der Waals surface area contributed by atoms with Crippen molar-refractivity contribution in [2.45, 2.75) is 51.4 Å². The quantitative estimate of drug-likeness (QED) is 0.665. The molecule has 0 spiro atoms. The number of hydrogen-bond donors (Lipinski definition) is 0. The largest absolute Gasteiger partial charge is 0.466 e. The van der Waals surface area contributed by atoms with Gasteiger partial charge in [0.05, 0.1) is 31.3 Å². The Labute approximate surface area is 171 Å². The topological polar surface area (TPSA) is 77.3 Å². The Kier molecular flexibility index (Phi) is 6.73. The summed E-state index contributed by atoms with van der Waals surface area (Å²) in [5, 5.41) is 7.68. The van der Waals surface area contributed by atoms with Crippen LogP contribution in [0.15, 0.2) is 30.5 Å². The number of aromatic nitrogens is 3. The van der Waals surface area contributed by atoms with Crippen LogP contribution in [0, 0.1) is 0 Å². The third-order valence-corrected chi connectivity index (χ3v) is 5.01. The number of rotatable bonds is 6. The van der Waals surface area contributed by atoms with Gasteiger partial charge in [0.15, 0.2) is 5.69 Å². The first-order valence-electron chi connectivity index (χ1n) is 9.81. The number of carbonyl (C=O) groups excluding carboxylic acids is 2. The number of amides is 1. The predicted molar refractivity (Wildman–Crippen MR) is 100 cm³/mol. The number of esters is 1. The van der Waals surface area contributed by atoms with Crippen LogP contribution < -0.4 is 0 Å². The Balaban J connectivity index is 1.74. The summed E-state index contributed by atoms with van der Waals surface area (Å²) in [6.07, 6.45) is -0.660. The zero-order valence-corrected chi connectivity index (χ0v) is 16.6. The third-order valence-electron chi connectivity index (χ3n) is 5.01. The van der Waals surface area contributed by atoms with E-state index in [9.17, 15) is 22.8 Å². The second-order valence-corrected chi connectivity index (χ2v) is 7.11. The lowest BCUT2D eigenvalue weighted by Crippen LogP contribution is -2.45. The molecule has 0 saturated carbocycles. The number of benzene rings is 1. The van der Waals surface area contributed by atoms with Crippen molar-refractivity contribution in [3.63, 3.8) is 0 Å². The molecule has 0 N–H and O–H groups in total. The second kappa shape index (κ2) is 9.27. The summed E-state index contributed by atoms with van der Waals surface area (Å²) in [6, 6.07) is 4.92. The molecular formula is C20H23F3N4O3. The van der Waals surface area contributed by atoms with Crippen LogP contribution in [0.5, 0.6) is 0 Å². The van der Waals surface area contributed by atoms with Gasteiger partial charge in [-0.2, -0.15) is 13.2 Å². The molecule has 1 aromatic carbocycles. The van der Waals surface area contributed by atoms with Gasteiger partial charge >= 0.3 is 12.1 Å². The first-order chi connectivity index (χ1) is 14.3. The van der Waals surface area contributed by atoms with Crippen molar-refractivity contribution in [2.75, 3.05) is 13.2 Å². The lowest BCUT2D eigenvalue weighted by Gasteiger charge is -2.34. The SMILES string of the molecule is CCOC(=O)C[C@@H]1CCCCN1C(=O)c1cn(Cc2ccccc2C(F)(F)F)nn1. The van der Waals surface area contributed by atoms with E-state index in [4.69, 9.17) is 4.74 Å². The zero-order valence-electron chi connectivity index (χ0n) is 16.6. The molecule has 2 aromatic rings. The minimum absolute atomic E-state index is 0.0343. The van der Waals surface area contributed by atoms with Gasteiger partial charge in [-0.25, -0.2) is 4.68 Å². The van der Waals surface area contributed by atoms with Crippen molar-refractivity contribution in [1.29, 1.82) is 0 Å². The van der Waals surface area contributed by atoms with Gasteiger partial charge in [-0.1, -0.05) is 23.4 Å². The van der Waals surface area contributed by atoms with Crippen LogP contribution in [-0.2, 0) is 22.3 Å². The molecule has 0 unspecified atom stereocenters. The summed E-state index contributed by atoms with van der Waals surface area (Å²) >= 11 is 0. The highest BCUT2D eigenvalue weighted by Crippen LogP contribution is 2.32. The van der Waals surface area contributed by atoms with E-state index >= 15 is 0 Å². The maximum absolute atomic E-state index is 13.2. The summed E-state index contributed by atoms with van der Waals surface area (Å²) in [5.41, 5.74) is -0.679. The average Bonchev–Trinajstić information content (AvgIpc) is 3.16. The fraction of sp³-hybridized carbons (Fsp3) is 0.500. The van der Waals surface area contributed by atoms with E-state index in [1.807, 2.05) is 0 Å². The van der Waals surface area contributed by atoms with E-state index in [0.717, 1.165) is 18.9 Å². The molecule has 10 heteroatoms. The minimum atomic E-state index is -4.48. The first-order valence-corrected chi connectivity index (χ1v) is 9.81. The molecule has 1 fully saturated rings. The Morgan fingerprint density at radius 1 is 1.23 bits per heavy atom. The van der Waals surface area contributed by atoms with Gasteiger partial charge in [-0.3, -0.25) is 9.59 Å². The Morgan fingerprint density at radius 2 is 2.00 bits per heavy atom. The maximum Gasteiger partial charge on any atom is 0.416 e. The molecule has 30 heavy (non-hydrogen) atoms. The summed E-state index contributed by atoms with van der Waals surface area (Å²) in [4.78, 5) is 26.4. The number of piperidine rings is 1. The molecule has 1 aliphatic heterocycles. The molecule has 1 aromatic heterocycles. The van der Waals surface area contributed by atoms with E-state index in [1.54, 1.807) is 11.8 Å². The minimum Gasteiger partial charge on any atom is -0.466 e. The van der Waals surface area contributed by atoms with Crippen LogP contribution >= 0.6 is 0 Å². The number of alkyl halides is 3. The van der Waals surface area contributed by atoms with Gasteiger partial charge in [-0.15, -0.1) is 5.10 Å². The van der Waals surface area contributed by atoms with E-state index < -0.39 is 11.7 Å². The summed E-state index contributed by atoms with van der Waals surface area (Å²) in [5.74, 6) is -0.756. The van der Waals surface area contributed by atoms with Crippen LogP contribution in [0.4, 0.5) is 13.2 Å². The Hall–Kier alpha value is -2.91. The summed E-state index contributed by atoms with van der Waals surface area (Å²) in [7, 11) is 0. The highest BCUT2D eigenvalue weighted by Gasteiger charge is 2.33. The smallest absolute Gasteiger partial charge is 0.416 e. The molecule has 2 heterocycles. The van der Waals surface area contributed by atoms with E-state index in [-0.39, 0.29) is 48.7 Å². The van der Waals surface area contributed by atoms with Gasteiger partial charge in [0, 0.05) is 12.6 Å². The van der Waals surface area contributed by atoms with Gasteiger partial charge in [-0.05, 0) is 37.8 Å². The summed E-state index contributed by atoms with van der Waals surface area (Å²) in [6.45, 7) is 2.30. The molecule has 1 amide bonds. The van der Waals surface area contributed by atoms with Crippen molar-refractivity contribution < 1.29 is 27.5 Å². The summed E-state index contributed by atoms with van der Waals surface area (Å²) < 4.78 is 45.8. The van der Waals surface area contributed by atoms with Crippen LogP contribution in [0.1, 0.15) is 54.2 Å². The molecule has 7 nitrogen and oxygen atoms in total. The van der Waals surface area contributed by atoms with Crippen molar-refractivity contribution in [2.24, 2.45) is 0 Å². The number of likely N-dealkylation sites (tertiary alicyclic amines) is 1. The predicted octanol–water partition coefficient (Wildman–Crippen LogP) is 3.29. The lowest BCUT2D eigenvalue weighted by atomic mass is 9.99. The van der Waals surface area contributed by atoms with Crippen LogP contribution in [0.25, 0.3) is 0 Å². The molecular weight excluding hydrogens is 401 g/mol. The molecule has 0 radical (unpaired) electrons. The first kappa shape index (κ1) is 21.8. The molecule has 162 valence electrons. The van der Waals surface area contributed by atoms with Crippen molar-refractivity contribution in [3.05, 3.63) is 47.3 Å². The van der Waals surface area contributed by atoms with Crippen molar-refractivity contribution in [1.82, 2.24) is 19.9 Å². The molecule has 0 aliphatic carbocycles. The number of hydrogen-bond acceptors (Lipinski definition) is 5. The van der Waals surface area contributed by atoms with Crippen LogP contribution in [0.3, 0.4) is 0 Å². The zero-order chi connectivity index (χ0) is 21.7. The second-order valence-electron chi connectivity index (χ2n) is 7.11. The Bertz CT molecular complexity index is 897. The van der Waals surface area contributed by atoms with Gasteiger partial charge in [0.1, 0.15) is 0 Å². The number of halogens is 3. The van der Waals surface area contributed by atoms with E-state index in [1.165, 1.54) is 29.1 Å². The fourth-order valence-corrected chi connectivity index (χ4v) is 3.62. The third kappa shape index (κ3) is 5.17. The number of nitrogens with zero attached hydrogens (tertiary/aromatic N) is 4. The van der Waals surface area contributed by atoms with E-state index in [2.05, 4.69) is 10.3 Å². The van der Waals surface area contributed by atoms with Crippen LogP contribution in [0.2, 0.25) is 0 Å². The fourth-order valence-electron chi connectivity index (χ4n) is 3.62. The maximum atomic E-state index is 13.2. The highest BCUT2D eigenvalue weighted by atomic mass is 19.4. The van der Waals surface area contributed by atoms with Gasteiger partial charge in [0.2, 0.25) is 0 Å². The van der Waals surface area contributed by atoms with Crippen LogP contribution in [-0.4, -0.2) is 51.0 Å². The molecule has 3 rings (SSSR count). The monoisotopic (exact) mass is 424 g/mol. The number of ether oxygens (including phenoxy) is 1. The number of carbonyl (C=O) groups is 2. The average molecular weight is 424 g/mol. The van der Waals surface area contributed by atoms with Crippen molar-refractivity contribution in [3.8, 4) is 0 Å². The van der Waals surface area contributed by atoms with Gasteiger partial charge in [0.25, 0.3) is 5.91 Å². The normalized spacial score (nSPS) is 17.1. The standard InChI is InChI=1S/C20H23F3N4O3/c1-2-30-18(28)11-15-8-5-6-10-27(15)19(29)17-13-26(25-24-17)12-14-7-3-4-9-16(14)20(21,22)23/h3-4,7,9,13,15H,2,5-6,8,10-12H2,1H3/t15-/m0/s1. The molecule has 1 aliphatic rings. The molecule has 0 bridgehead atoms. The van der Waals surface area contributed by atoms with E-state index in [0.29, 0.717) is 13.0 Å². The van der Waals surface area contributed by atoms with Gasteiger partial charge < -0.3 is 9.64 Å². The van der Waals surface area contributed by atoms with Crippen molar-refractivity contribution >= 4 is 11.9 Å². The molecule has 1 saturated heterocycles. The highest BCUT2D eigenvalue weighted by molar-refractivity contribution is 5.92. The molecule has 1 atom stereocenters.